The second-order valence-corrected chi connectivity index (χ2v) is 26.4. The molecule has 1 atom stereocenters. The zero-order chi connectivity index (χ0) is 62.5. The van der Waals surface area contributed by atoms with Gasteiger partial charge in [0.05, 0.1) is 47.6 Å². The summed E-state index contributed by atoms with van der Waals surface area (Å²) in [5.74, 6) is 0.132. The summed E-state index contributed by atoms with van der Waals surface area (Å²) in [6, 6.07) is 25.1. The van der Waals surface area contributed by atoms with Crippen LogP contribution in [0.25, 0.3) is 27.8 Å². The minimum atomic E-state index is -3.27. The number of carbonyl (C=O) groups excluding carboxylic acids is 3. The molecule has 0 unspecified atom stereocenters. The number of phenols is 2. The molecule has 2 aromatic heterocycles. The number of carbonyl (C=O) groups is 3. The average molecular weight is 1250 g/mol. The van der Waals surface area contributed by atoms with Crippen molar-refractivity contribution < 1.29 is 37.8 Å². The van der Waals surface area contributed by atoms with E-state index in [1.54, 1.807) is 15.5 Å². The van der Waals surface area contributed by atoms with Gasteiger partial charge in [0.25, 0.3) is 5.91 Å². The molecule has 25 heteroatoms. The lowest BCUT2D eigenvalue weighted by atomic mass is 9.95. The summed E-state index contributed by atoms with van der Waals surface area (Å²) in [5.41, 5.74) is 5.45. The van der Waals surface area contributed by atoms with E-state index in [1.165, 1.54) is 22.7 Å². The number of sulfonamides is 1. The van der Waals surface area contributed by atoms with Crippen molar-refractivity contribution in [3.8, 4) is 40.7 Å². The van der Waals surface area contributed by atoms with Crippen molar-refractivity contribution in [1.29, 1.82) is 5.26 Å². The topological polar surface area (TPSA) is 253 Å². The molecule has 0 spiro atoms. The maximum absolute atomic E-state index is 14.0. The number of anilines is 2. The number of phenolic OH excluding ortho intramolecular Hbond substituents is 2. The molecule has 89 heavy (non-hydrogen) atoms. The zero-order valence-corrected chi connectivity index (χ0v) is 52.4. The molecule has 0 radical (unpaired) electrons. The number of nitrogens with zero attached hydrogens (tertiary/aromatic N) is 14. The van der Waals surface area contributed by atoms with E-state index < -0.39 is 15.9 Å². The third kappa shape index (κ3) is 14.1. The minimum absolute atomic E-state index is 0.0111. The number of amides is 3. The summed E-state index contributed by atoms with van der Waals surface area (Å²) < 4.78 is 33.5. The number of hydrogen-bond donors (Lipinski definition) is 3. The number of aromatic hydroxyl groups is 2. The number of nitrogens with one attached hydrogen (secondary N) is 1. The Kier molecular flexibility index (Phi) is 19.3. The van der Waals surface area contributed by atoms with Gasteiger partial charge in [-0.3, -0.25) is 33.7 Å². The number of likely N-dealkylation sites (tertiary alicyclic amines) is 1. The normalized spacial score (nSPS) is 18.5. The molecule has 4 saturated heterocycles. The fraction of sp³-hybridized carbons (Fsp3) is 0.469. The van der Waals surface area contributed by atoms with Crippen molar-refractivity contribution in [3.05, 3.63) is 119 Å². The lowest BCUT2D eigenvalue weighted by molar-refractivity contribution is -0.139. The summed E-state index contributed by atoms with van der Waals surface area (Å²) in [7, 11) is -3.27. The number of fused-ring (bicyclic) bond motifs is 2. The Morgan fingerprint density at radius 1 is 0.843 bits per heavy atom. The van der Waals surface area contributed by atoms with Gasteiger partial charge in [0.15, 0.2) is 5.82 Å². The third-order valence-electron chi connectivity index (χ3n) is 18.0. The molecule has 4 fully saturated rings. The molecule has 470 valence electrons. The largest absolute Gasteiger partial charge is 0.508 e. The molecule has 4 aromatic carbocycles. The van der Waals surface area contributed by atoms with Crippen molar-refractivity contribution in [2.75, 3.05) is 134 Å². The van der Waals surface area contributed by atoms with Gasteiger partial charge in [-0.15, -0.1) is 10.2 Å². The number of hydrogen-bond acceptors (Lipinski definition) is 18. The highest BCUT2D eigenvalue weighted by molar-refractivity contribution is 7.88. The van der Waals surface area contributed by atoms with Gasteiger partial charge < -0.3 is 39.9 Å². The van der Waals surface area contributed by atoms with Crippen LogP contribution in [0.2, 0.25) is 5.02 Å². The van der Waals surface area contributed by atoms with E-state index in [0.29, 0.717) is 133 Å². The number of halogens is 1. The number of piperidine rings is 1. The van der Waals surface area contributed by atoms with Crippen molar-refractivity contribution in [3.63, 3.8) is 0 Å². The molecule has 7 heterocycles. The summed E-state index contributed by atoms with van der Waals surface area (Å²) in [5, 5.41) is 46.0. The van der Waals surface area contributed by atoms with Crippen LogP contribution >= 0.6 is 11.6 Å². The molecular weight excluding hydrogens is 1170 g/mol. The SMILES string of the molecule is C=CC(=O)N1CCN(c2nc(OCCN3CCC(C(=O)N4CCN(Cc5ccc(-n6c(C(=O)NCCN7CCN(S(C)(=O)=O)CC7)nnc6-c6cc(C(C)C)c(O)cc6O)cc5)CC4)CC3)nc3c2CCN(c2cccc4cccc(Cl)c24)C3)C[C@@H]1CC#N. The smallest absolute Gasteiger partial charge is 0.318 e. The fourth-order valence-corrected chi connectivity index (χ4v) is 14.1. The monoisotopic (exact) mass is 1250 g/mol. The van der Waals surface area contributed by atoms with Crippen LogP contribution in [-0.4, -0.2) is 220 Å². The number of benzene rings is 4. The van der Waals surface area contributed by atoms with Crippen molar-refractivity contribution in [1.82, 2.24) is 58.9 Å². The lowest BCUT2D eigenvalue weighted by Gasteiger charge is -2.42. The summed E-state index contributed by atoms with van der Waals surface area (Å²) in [6.07, 6.45) is 4.87. The zero-order valence-electron chi connectivity index (χ0n) is 50.8. The molecule has 5 aliphatic rings. The highest BCUT2D eigenvalue weighted by atomic mass is 35.5. The van der Waals surface area contributed by atoms with E-state index in [-0.39, 0.29) is 71.8 Å². The van der Waals surface area contributed by atoms with Gasteiger partial charge in [-0.2, -0.15) is 19.5 Å². The van der Waals surface area contributed by atoms with Gasteiger partial charge in [0, 0.05) is 139 Å². The second kappa shape index (κ2) is 27.4. The lowest BCUT2D eigenvalue weighted by Crippen LogP contribution is -2.55. The maximum atomic E-state index is 14.0. The summed E-state index contributed by atoms with van der Waals surface area (Å²) in [4.78, 5) is 65.9. The predicted octanol–water partition coefficient (Wildman–Crippen LogP) is 5.49. The Labute approximate surface area is 524 Å². The minimum Gasteiger partial charge on any atom is -0.508 e. The number of piperazine rings is 3. The van der Waals surface area contributed by atoms with Crippen LogP contribution in [0.1, 0.15) is 72.0 Å². The van der Waals surface area contributed by atoms with Crippen LogP contribution in [0, 0.1) is 17.2 Å². The first-order valence-corrected chi connectivity index (χ1v) is 33.0. The molecule has 0 saturated carbocycles. The molecule has 6 aromatic rings. The first kappa shape index (κ1) is 62.7. The van der Waals surface area contributed by atoms with Crippen LogP contribution in [0.15, 0.2) is 85.5 Å². The summed E-state index contributed by atoms with van der Waals surface area (Å²) in [6.45, 7) is 18.7. The number of aromatic nitrogens is 5. The first-order chi connectivity index (χ1) is 42.9. The van der Waals surface area contributed by atoms with Gasteiger partial charge in [-0.05, 0) is 91.2 Å². The molecule has 23 nitrogen and oxygen atoms in total. The van der Waals surface area contributed by atoms with E-state index in [0.717, 1.165) is 71.6 Å². The highest BCUT2D eigenvalue weighted by Crippen LogP contribution is 2.40. The van der Waals surface area contributed by atoms with Gasteiger partial charge in [-0.1, -0.05) is 68.4 Å². The molecule has 5 aliphatic heterocycles. The maximum Gasteiger partial charge on any atom is 0.318 e. The Morgan fingerprint density at radius 2 is 1.56 bits per heavy atom. The Morgan fingerprint density at radius 3 is 2.27 bits per heavy atom. The van der Waals surface area contributed by atoms with Gasteiger partial charge in [-0.25, -0.2) is 8.42 Å². The second-order valence-electron chi connectivity index (χ2n) is 24.0. The van der Waals surface area contributed by atoms with E-state index in [1.807, 2.05) is 61.2 Å². The van der Waals surface area contributed by atoms with Gasteiger partial charge in [0.1, 0.15) is 23.9 Å². The van der Waals surface area contributed by atoms with Gasteiger partial charge in [0.2, 0.25) is 27.7 Å². The molecule has 0 aliphatic carbocycles. The Hall–Kier alpha value is -7.92. The van der Waals surface area contributed by atoms with Crippen molar-refractivity contribution in [2.45, 2.75) is 64.6 Å². The van der Waals surface area contributed by atoms with E-state index in [2.05, 4.69) is 70.9 Å². The van der Waals surface area contributed by atoms with Crippen LogP contribution in [0.3, 0.4) is 0 Å². The quantitative estimate of drug-likeness (QED) is 0.0848. The Balaban J connectivity index is 0.688. The molecule has 3 N–H and O–H groups in total. The molecule has 0 bridgehead atoms. The third-order valence-corrected chi connectivity index (χ3v) is 19.6. The van der Waals surface area contributed by atoms with Crippen LogP contribution in [-0.2, 0) is 39.1 Å². The van der Waals surface area contributed by atoms with Crippen LogP contribution in [0.5, 0.6) is 17.5 Å². The van der Waals surface area contributed by atoms with Crippen LogP contribution < -0.4 is 19.9 Å². The highest BCUT2D eigenvalue weighted by Gasteiger charge is 2.35. The number of nitriles is 1. The Bertz CT molecular complexity index is 3740. The fourth-order valence-electron chi connectivity index (χ4n) is 13.0. The van der Waals surface area contributed by atoms with E-state index in [4.69, 9.17) is 26.3 Å². The van der Waals surface area contributed by atoms with Gasteiger partial charge >= 0.3 is 6.01 Å². The van der Waals surface area contributed by atoms with Crippen molar-refractivity contribution >= 4 is 61.6 Å². The predicted molar refractivity (Wildman–Crippen MR) is 340 cm³/mol. The molecular formula is C64H78ClN15O8S. The van der Waals surface area contributed by atoms with Crippen molar-refractivity contribution in [2.24, 2.45) is 5.92 Å². The standard InChI is InChI=1S/C64H78ClN15O8S/c1-5-57(83)79-35-32-77(41-48(79)16-20-66)59-49-19-24-76(54-11-7-9-45-8-6-10-52(65)58(45)54)42-53(49)68-64(69-59)88-37-36-72-22-17-46(18-23-72)63(85)75-30-26-74(27-31-75)40-44-12-14-47(15-13-44)80-60(51-38-50(43(2)3)55(81)39-56(51)82)70-71-61(80)62(84)67-21-25-73-28-33-78(34-29-73)89(4,86)87/h5-15,38-39,43,46,48,81-82H,1,16-19,21-37,40-42H2,2-4H3,(H,67,84)/t48-/m0/s1. The van der Waals surface area contributed by atoms with Crippen LogP contribution in [0.4, 0.5) is 11.5 Å². The summed E-state index contributed by atoms with van der Waals surface area (Å²) >= 11 is 6.81. The average Bonchev–Trinajstić information content (AvgIpc) is 1.75. The first-order valence-electron chi connectivity index (χ1n) is 30.7. The molecule has 11 rings (SSSR count). The van der Waals surface area contributed by atoms with E-state index in [9.17, 15) is 38.3 Å². The molecule has 3 amide bonds. The van der Waals surface area contributed by atoms with E-state index >= 15 is 0 Å². The number of rotatable bonds is 19. The number of ether oxygens (including phenoxy) is 1.